The Bertz CT molecular complexity index is 314. The van der Waals surface area contributed by atoms with Crippen LogP contribution in [0.2, 0.25) is 0 Å². The zero-order valence-corrected chi connectivity index (χ0v) is 14.2. The van der Waals surface area contributed by atoms with Crippen molar-refractivity contribution in [1.82, 2.24) is 9.78 Å². The lowest BCUT2D eigenvalue weighted by Crippen LogP contribution is -1.98. The number of hydrogen-bond acceptors (Lipinski definition) is 1. The molecule has 2 nitrogen and oxygen atoms in total. The van der Waals surface area contributed by atoms with Gasteiger partial charge in [0.05, 0.1) is 10.2 Å². The molecule has 0 saturated carbocycles. The molecule has 0 bridgehead atoms. The summed E-state index contributed by atoms with van der Waals surface area (Å²) in [5, 5.41) is 4.46. The molecule has 0 aromatic carbocycles. The van der Waals surface area contributed by atoms with Gasteiger partial charge in [0.2, 0.25) is 0 Å². The van der Waals surface area contributed by atoms with E-state index in [4.69, 9.17) is 0 Å². The summed E-state index contributed by atoms with van der Waals surface area (Å²) in [6, 6.07) is 0. The molecule has 0 spiro atoms. The average molecular weight is 329 g/mol. The van der Waals surface area contributed by atoms with E-state index in [9.17, 15) is 0 Å². The number of unbranched alkanes of at least 4 members (excludes halogenated alkanes) is 9. The average Bonchev–Trinajstić information content (AvgIpc) is 2.71. The summed E-state index contributed by atoms with van der Waals surface area (Å²) in [7, 11) is 0. The van der Waals surface area contributed by atoms with Gasteiger partial charge in [-0.15, -0.1) is 0 Å². The first-order valence-electron chi connectivity index (χ1n) is 7.93. The number of aryl methyl sites for hydroxylation is 2. The third-order valence-electron chi connectivity index (χ3n) is 3.63. The molecule has 3 heteroatoms. The monoisotopic (exact) mass is 328 g/mol. The summed E-state index contributed by atoms with van der Waals surface area (Å²) < 4.78 is 3.18. The predicted octanol–water partition coefficient (Wildman–Crippen LogP) is 5.87. The van der Waals surface area contributed by atoms with Crippen LogP contribution >= 0.6 is 15.9 Å². The van der Waals surface area contributed by atoms with E-state index in [1.807, 2.05) is 6.92 Å². The minimum Gasteiger partial charge on any atom is -0.271 e. The van der Waals surface area contributed by atoms with Gasteiger partial charge in [-0.2, -0.15) is 5.10 Å². The van der Waals surface area contributed by atoms with Crippen molar-refractivity contribution >= 4 is 15.9 Å². The van der Waals surface area contributed by atoms with Gasteiger partial charge < -0.3 is 0 Å². The molecule has 0 fully saturated rings. The molecular weight excluding hydrogens is 300 g/mol. The van der Waals surface area contributed by atoms with Crippen molar-refractivity contribution in [3.8, 4) is 0 Å². The van der Waals surface area contributed by atoms with E-state index in [0.29, 0.717) is 0 Å². The maximum absolute atomic E-state index is 4.46. The van der Waals surface area contributed by atoms with Crippen LogP contribution in [0.1, 0.15) is 76.8 Å². The van der Waals surface area contributed by atoms with Gasteiger partial charge >= 0.3 is 0 Å². The zero-order chi connectivity index (χ0) is 13.9. The molecule has 1 rings (SSSR count). The molecule has 0 atom stereocenters. The Kier molecular flexibility index (Phi) is 9.23. The highest BCUT2D eigenvalue weighted by Gasteiger charge is 2.00. The van der Waals surface area contributed by atoms with Crippen molar-refractivity contribution in [2.45, 2.75) is 84.6 Å². The smallest absolute Gasteiger partial charge is 0.0735 e. The molecular formula is C16H29BrN2. The summed E-state index contributed by atoms with van der Waals surface area (Å²) in [6.07, 6.45) is 16.0. The molecule has 1 aromatic heterocycles. The van der Waals surface area contributed by atoms with E-state index < -0.39 is 0 Å². The highest BCUT2D eigenvalue weighted by molar-refractivity contribution is 9.10. The van der Waals surface area contributed by atoms with Crippen LogP contribution in [0.5, 0.6) is 0 Å². The van der Waals surface area contributed by atoms with Crippen molar-refractivity contribution in [2.75, 3.05) is 0 Å². The van der Waals surface area contributed by atoms with E-state index >= 15 is 0 Å². The maximum atomic E-state index is 4.46. The summed E-state index contributed by atoms with van der Waals surface area (Å²) in [5.41, 5.74) is 1.09. The van der Waals surface area contributed by atoms with Gasteiger partial charge in [0.25, 0.3) is 0 Å². The number of aromatic nitrogens is 2. The fourth-order valence-electron chi connectivity index (χ4n) is 2.37. The summed E-state index contributed by atoms with van der Waals surface area (Å²) in [5.74, 6) is 0. The van der Waals surface area contributed by atoms with Gasteiger partial charge in [-0.1, -0.05) is 64.7 Å². The molecule has 1 heterocycles. The quantitative estimate of drug-likeness (QED) is 0.464. The molecule has 0 N–H and O–H groups in total. The van der Waals surface area contributed by atoms with E-state index in [1.165, 1.54) is 64.2 Å². The van der Waals surface area contributed by atoms with Gasteiger partial charge in [-0.3, -0.25) is 4.68 Å². The highest BCUT2D eigenvalue weighted by Crippen LogP contribution is 2.14. The third-order valence-corrected chi connectivity index (χ3v) is 4.41. The van der Waals surface area contributed by atoms with Crippen LogP contribution in [-0.2, 0) is 6.54 Å². The van der Waals surface area contributed by atoms with Gasteiger partial charge in [-0.05, 0) is 29.3 Å². The van der Waals surface area contributed by atoms with Crippen molar-refractivity contribution < 1.29 is 0 Å². The first-order valence-corrected chi connectivity index (χ1v) is 8.73. The molecule has 0 radical (unpaired) electrons. The van der Waals surface area contributed by atoms with Crippen molar-refractivity contribution in [3.63, 3.8) is 0 Å². The van der Waals surface area contributed by atoms with Crippen molar-refractivity contribution in [1.29, 1.82) is 0 Å². The summed E-state index contributed by atoms with van der Waals surface area (Å²) in [4.78, 5) is 0. The summed E-state index contributed by atoms with van der Waals surface area (Å²) >= 11 is 3.50. The standard InChI is InChI=1S/C16H29BrN2/c1-3-4-5-6-7-8-9-10-11-12-13-19-14-16(17)15(2)18-19/h14H,3-13H2,1-2H3. The number of halogens is 1. The van der Waals surface area contributed by atoms with Gasteiger partial charge in [0.15, 0.2) is 0 Å². The molecule has 0 aliphatic carbocycles. The molecule has 0 unspecified atom stereocenters. The number of hydrogen-bond donors (Lipinski definition) is 0. The van der Waals surface area contributed by atoms with E-state index in [-0.39, 0.29) is 0 Å². The SMILES string of the molecule is CCCCCCCCCCCCn1cc(Br)c(C)n1. The van der Waals surface area contributed by atoms with Crippen LogP contribution in [0.15, 0.2) is 10.7 Å². The molecule has 0 saturated heterocycles. The Morgan fingerprint density at radius 1 is 0.947 bits per heavy atom. The van der Waals surface area contributed by atoms with E-state index in [2.05, 4.69) is 38.8 Å². The number of rotatable bonds is 11. The van der Waals surface area contributed by atoms with Crippen molar-refractivity contribution in [3.05, 3.63) is 16.4 Å². The van der Waals surface area contributed by atoms with Crippen LogP contribution in [-0.4, -0.2) is 9.78 Å². The van der Waals surface area contributed by atoms with Crippen LogP contribution in [0, 0.1) is 6.92 Å². The molecule has 1 aromatic rings. The minimum absolute atomic E-state index is 1.06. The van der Waals surface area contributed by atoms with Crippen LogP contribution in [0.25, 0.3) is 0 Å². The third kappa shape index (κ3) is 7.76. The fourth-order valence-corrected chi connectivity index (χ4v) is 2.68. The topological polar surface area (TPSA) is 17.8 Å². The lowest BCUT2D eigenvalue weighted by atomic mass is 10.1. The van der Waals surface area contributed by atoms with Crippen molar-refractivity contribution in [2.24, 2.45) is 0 Å². The molecule has 0 aliphatic rings. The molecule has 0 aliphatic heterocycles. The maximum Gasteiger partial charge on any atom is 0.0735 e. The summed E-state index contributed by atoms with van der Waals surface area (Å²) in [6.45, 7) is 5.38. The first-order chi connectivity index (χ1) is 9.24. The zero-order valence-electron chi connectivity index (χ0n) is 12.6. The molecule has 19 heavy (non-hydrogen) atoms. The Hall–Kier alpha value is -0.310. The van der Waals surface area contributed by atoms with Gasteiger partial charge in [0.1, 0.15) is 0 Å². The normalized spacial score (nSPS) is 11.1. The Morgan fingerprint density at radius 3 is 1.95 bits per heavy atom. The molecule has 0 amide bonds. The Morgan fingerprint density at radius 2 is 1.47 bits per heavy atom. The second-order valence-corrected chi connectivity index (χ2v) is 6.36. The fraction of sp³-hybridized carbons (Fsp3) is 0.812. The minimum atomic E-state index is 1.06. The second-order valence-electron chi connectivity index (χ2n) is 5.51. The predicted molar refractivity (Wildman–Crippen MR) is 86.5 cm³/mol. The van der Waals surface area contributed by atoms with Crippen LogP contribution < -0.4 is 0 Å². The Balaban J connectivity index is 1.88. The Labute approximate surface area is 127 Å². The van der Waals surface area contributed by atoms with E-state index in [0.717, 1.165) is 16.7 Å². The number of nitrogens with zero attached hydrogens (tertiary/aromatic N) is 2. The van der Waals surface area contributed by atoms with Gasteiger partial charge in [0, 0.05) is 12.7 Å². The lowest BCUT2D eigenvalue weighted by molar-refractivity contribution is 0.514. The largest absolute Gasteiger partial charge is 0.271 e. The first kappa shape index (κ1) is 16.7. The van der Waals surface area contributed by atoms with Crippen LogP contribution in [0.3, 0.4) is 0 Å². The van der Waals surface area contributed by atoms with Gasteiger partial charge in [-0.25, -0.2) is 0 Å². The lowest BCUT2D eigenvalue weighted by Gasteiger charge is -2.03. The van der Waals surface area contributed by atoms with Crippen LogP contribution in [0.4, 0.5) is 0 Å². The highest BCUT2D eigenvalue weighted by atomic mass is 79.9. The second kappa shape index (κ2) is 10.5. The van der Waals surface area contributed by atoms with E-state index in [1.54, 1.807) is 0 Å². The molecule has 110 valence electrons.